The van der Waals surface area contributed by atoms with Crippen molar-refractivity contribution in [2.75, 3.05) is 26.3 Å². The van der Waals surface area contributed by atoms with Gasteiger partial charge in [0.15, 0.2) is 0 Å². The molecular formula is C6H13NO2. The first-order chi connectivity index (χ1) is 5.46. The van der Waals surface area contributed by atoms with Gasteiger partial charge < -0.3 is 15.2 Å². The fourth-order valence-electron chi connectivity index (χ4n) is 0.732. The van der Waals surface area contributed by atoms with Gasteiger partial charge in [-0.05, 0) is 6.85 Å². The number of ether oxygens (including phenoxy) is 1. The van der Waals surface area contributed by atoms with Crippen LogP contribution in [0.2, 0.25) is 0 Å². The zero-order chi connectivity index (χ0) is 9.24. The maximum atomic E-state index is 9.64. The van der Waals surface area contributed by atoms with Gasteiger partial charge in [0, 0.05) is 17.2 Å². The van der Waals surface area contributed by atoms with Crippen molar-refractivity contribution in [2.24, 2.45) is 0 Å². The van der Waals surface area contributed by atoms with Crippen molar-refractivity contribution in [3.63, 3.8) is 0 Å². The van der Waals surface area contributed by atoms with E-state index in [2.05, 4.69) is 5.32 Å². The smallest absolute Gasteiger partial charge is 0.0975 e. The van der Waals surface area contributed by atoms with Crippen LogP contribution in [0.5, 0.6) is 0 Å². The molecule has 54 valence electrons. The van der Waals surface area contributed by atoms with Gasteiger partial charge in [-0.25, -0.2) is 0 Å². The van der Waals surface area contributed by atoms with E-state index < -0.39 is 12.5 Å². The Morgan fingerprint density at radius 1 is 1.89 bits per heavy atom. The highest BCUT2D eigenvalue weighted by atomic mass is 16.5. The maximum Gasteiger partial charge on any atom is 0.0975 e. The van der Waals surface area contributed by atoms with Gasteiger partial charge in [-0.15, -0.1) is 0 Å². The summed E-state index contributed by atoms with van der Waals surface area (Å²) in [5.41, 5.74) is -1.73. The third-order valence-corrected chi connectivity index (χ3v) is 1.18. The van der Waals surface area contributed by atoms with Crippen molar-refractivity contribution in [3.05, 3.63) is 0 Å². The average Bonchev–Trinajstić information content (AvgIpc) is 2.12. The number of hydrogen-bond donors (Lipinski definition) is 2. The standard InChI is InChI=1S/C6H13NO2/c1-6(8)4-7-2-3-9-5-6/h7-8H,2-5H2,1H3/i1D3. The quantitative estimate of drug-likeness (QED) is 0.463. The first-order valence-corrected chi connectivity index (χ1v) is 2.97. The summed E-state index contributed by atoms with van der Waals surface area (Å²) in [6.07, 6.45) is 0. The van der Waals surface area contributed by atoms with Gasteiger partial charge >= 0.3 is 0 Å². The lowest BCUT2D eigenvalue weighted by atomic mass is 10.1. The van der Waals surface area contributed by atoms with Crippen LogP contribution in [-0.2, 0) is 4.74 Å². The van der Waals surface area contributed by atoms with Gasteiger partial charge in [0.25, 0.3) is 0 Å². The van der Waals surface area contributed by atoms with E-state index in [0.717, 1.165) is 0 Å². The molecule has 1 aliphatic rings. The van der Waals surface area contributed by atoms with E-state index >= 15 is 0 Å². The molecule has 1 unspecified atom stereocenters. The van der Waals surface area contributed by atoms with Crippen molar-refractivity contribution in [1.29, 1.82) is 0 Å². The van der Waals surface area contributed by atoms with Crippen molar-refractivity contribution in [2.45, 2.75) is 12.5 Å². The Balaban J connectivity index is 2.67. The van der Waals surface area contributed by atoms with Crippen molar-refractivity contribution >= 4 is 0 Å². The molecule has 1 aliphatic heterocycles. The second-order valence-corrected chi connectivity index (χ2v) is 2.26. The van der Waals surface area contributed by atoms with Crippen molar-refractivity contribution < 1.29 is 14.0 Å². The Morgan fingerprint density at radius 3 is 3.56 bits per heavy atom. The largest absolute Gasteiger partial charge is 0.386 e. The summed E-state index contributed by atoms with van der Waals surface area (Å²) in [5.74, 6) is 0. The molecule has 2 N–H and O–H groups in total. The van der Waals surface area contributed by atoms with Crippen LogP contribution < -0.4 is 5.32 Å². The molecule has 0 aromatic rings. The molecule has 0 bridgehead atoms. The Hall–Kier alpha value is -0.120. The molecule has 0 radical (unpaired) electrons. The summed E-state index contributed by atoms with van der Waals surface area (Å²) in [6.45, 7) is -1.43. The first kappa shape index (κ1) is 3.91. The molecule has 0 spiro atoms. The van der Waals surface area contributed by atoms with Crippen LogP contribution in [0, 0.1) is 0 Å². The molecular weight excluding hydrogens is 118 g/mol. The molecule has 1 fully saturated rings. The molecule has 9 heavy (non-hydrogen) atoms. The summed E-state index contributed by atoms with van der Waals surface area (Å²) in [4.78, 5) is 0. The minimum absolute atomic E-state index is 0.0590. The van der Waals surface area contributed by atoms with Gasteiger partial charge in [-0.1, -0.05) is 0 Å². The van der Waals surface area contributed by atoms with Crippen molar-refractivity contribution in [3.8, 4) is 0 Å². The zero-order valence-corrected chi connectivity index (χ0v) is 5.18. The highest BCUT2D eigenvalue weighted by Gasteiger charge is 2.21. The van der Waals surface area contributed by atoms with Crippen molar-refractivity contribution in [1.82, 2.24) is 5.32 Å². The van der Waals surface area contributed by atoms with Crippen LogP contribution in [0.3, 0.4) is 0 Å². The zero-order valence-electron chi connectivity index (χ0n) is 8.18. The van der Waals surface area contributed by atoms with E-state index in [4.69, 9.17) is 8.85 Å². The third-order valence-electron chi connectivity index (χ3n) is 1.18. The molecule has 0 aromatic carbocycles. The Bertz CT molecular complexity index is 151. The Labute approximate surface area is 59.2 Å². The third kappa shape index (κ3) is 2.30. The number of nitrogens with one attached hydrogen (secondary N) is 1. The van der Waals surface area contributed by atoms with Gasteiger partial charge in [0.05, 0.1) is 18.8 Å². The highest BCUT2D eigenvalue weighted by Crippen LogP contribution is 2.03. The summed E-state index contributed by atoms with van der Waals surface area (Å²) in [5, 5.41) is 12.4. The Morgan fingerprint density at radius 2 is 2.78 bits per heavy atom. The normalized spacial score (nSPS) is 44.3. The lowest BCUT2D eigenvalue weighted by molar-refractivity contribution is -0.0136. The van der Waals surface area contributed by atoms with E-state index in [1.54, 1.807) is 0 Å². The fourth-order valence-corrected chi connectivity index (χ4v) is 0.732. The molecule has 0 saturated carbocycles. The SMILES string of the molecule is [2H]C([2H])([2H])C1(O)CNCCOC1. The van der Waals surface area contributed by atoms with Gasteiger partial charge in [0.1, 0.15) is 0 Å². The van der Waals surface area contributed by atoms with Crippen LogP contribution in [0.4, 0.5) is 0 Å². The summed E-state index contributed by atoms with van der Waals surface area (Å²) < 4.78 is 26.2. The lowest BCUT2D eigenvalue weighted by Crippen LogP contribution is -2.38. The average molecular weight is 134 g/mol. The number of β-amino-alcohol motifs (C(OH)–C–C–N with tert-alkyl or cyclic N) is 1. The molecule has 0 aliphatic carbocycles. The summed E-state index contributed by atoms with van der Waals surface area (Å²) in [7, 11) is 0. The molecule has 3 heteroatoms. The van der Waals surface area contributed by atoms with Gasteiger partial charge in [-0.3, -0.25) is 0 Å². The predicted molar refractivity (Wildman–Crippen MR) is 34.3 cm³/mol. The monoisotopic (exact) mass is 134 g/mol. The van der Waals surface area contributed by atoms with Gasteiger partial charge in [0.2, 0.25) is 0 Å². The maximum absolute atomic E-state index is 9.64. The molecule has 1 heterocycles. The molecule has 3 nitrogen and oxygen atoms in total. The second-order valence-electron chi connectivity index (χ2n) is 2.26. The van der Waals surface area contributed by atoms with Crippen LogP contribution >= 0.6 is 0 Å². The predicted octanol–water partition coefficient (Wildman–Crippen LogP) is -0.643. The van der Waals surface area contributed by atoms with Crippen LogP contribution in [-0.4, -0.2) is 37.0 Å². The van der Waals surface area contributed by atoms with E-state index in [1.165, 1.54) is 0 Å². The van der Waals surface area contributed by atoms with Crippen LogP contribution in [0.1, 0.15) is 11.0 Å². The molecule has 1 atom stereocenters. The molecule has 0 aromatic heterocycles. The summed E-state index contributed by atoms with van der Waals surface area (Å²) in [6, 6.07) is 0. The molecule has 1 rings (SSSR count). The van der Waals surface area contributed by atoms with E-state index in [9.17, 15) is 5.11 Å². The molecule has 0 amide bonds. The van der Waals surface area contributed by atoms with Crippen LogP contribution in [0.25, 0.3) is 0 Å². The molecule has 1 saturated heterocycles. The highest BCUT2D eigenvalue weighted by molar-refractivity contribution is 4.76. The number of rotatable bonds is 0. The number of hydrogen-bond acceptors (Lipinski definition) is 3. The number of aliphatic hydroxyl groups is 1. The van der Waals surface area contributed by atoms with Crippen LogP contribution in [0.15, 0.2) is 0 Å². The van der Waals surface area contributed by atoms with E-state index in [-0.39, 0.29) is 13.2 Å². The first-order valence-electron chi connectivity index (χ1n) is 4.47. The van der Waals surface area contributed by atoms with Gasteiger partial charge in [-0.2, -0.15) is 0 Å². The minimum atomic E-state index is -2.38. The second kappa shape index (κ2) is 2.64. The van der Waals surface area contributed by atoms with E-state index in [0.29, 0.717) is 13.2 Å². The van der Waals surface area contributed by atoms with E-state index in [1.807, 2.05) is 0 Å². The fraction of sp³-hybridized carbons (Fsp3) is 1.00. The minimum Gasteiger partial charge on any atom is -0.386 e. The topological polar surface area (TPSA) is 41.5 Å². The lowest BCUT2D eigenvalue weighted by Gasteiger charge is -2.18. The Kier molecular flexibility index (Phi) is 1.15. The summed E-state index contributed by atoms with van der Waals surface area (Å²) >= 11 is 0.